The average Bonchev–Trinajstić information content (AvgIpc) is 2.66. The van der Waals surface area contributed by atoms with Crippen LogP contribution < -0.4 is 5.32 Å². The first-order valence-corrected chi connectivity index (χ1v) is 9.20. The van der Waals surface area contributed by atoms with Crippen LogP contribution >= 0.6 is 0 Å². The molecule has 6 nitrogen and oxygen atoms in total. The summed E-state index contributed by atoms with van der Waals surface area (Å²) in [6, 6.07) is 4.33. The van der Waals surface area contributed by atoms with Gasteiger partial charge < -0.3 is 4.90 Å². The zero-order valence-electron chi connectivity index (χ0n) is 16.7. The Bertz CT molecular complexity index is 882. The van der Waals surface area contributed by atoms with Crippen molar-refractivity contribution in [3.05, 3.63) is 52.8 Å². The maximum Gasteiger partial charge on any atom is 0.397 e. The Hall–Kier alpha value is -2.97. The number of hydrogen-bond acceptors (Lipinski definition) is 4. The monoisotopic (exact) mass is 408 g/mol. The van der Waals surface area contributed by atoms with Crippen LogP contribution in [-0.4, -0.2) is 45.9 Å². The van der Waals surface area contributed by atoms with Crippen molar-refractivity contribution in [3.63, 3.8) is 0 Å². The Labute approximate surface area is 167 Å². The van der Waals surface area contributed by atoms with Gasteiger partial charge in [-0.1, -0.05) is 31.5 Å². The summed E-state index contributed by atoms with van der Waals surface area (Å²) >= 11 is 0. The second-order valence-corrected chi connectivity index (χ2v) is 6.50. The van der Waals surface area contributed by atoms with E-state index in [4.69, 9.17) is 0 Å². The Morgan fingerprint density at radius 3 is 2.38 bits per heavy atom. The summed E-state index contributed by atoms with van der Waals surface area (Å²) < 4.78 is 40.5. The summed E-state index contributed by atoms with van der Waals surface area (Å²) in [4.78, 5) is 33.5. The van der Waals surface area contributed by atoms with Crippen LogP contribution in [0.3, 0.4) is 0 Å². The van der Waals surface area contributed by atoms with Gasteiger partial charge in [-0.15, -0.1) is 0 Å². The van der Waals surface area contributed by atoms with Crippen LogP contribution in [0, 0.1) is 13.8 Å². The molecular formula is C20H23F3N4O2. The van der Waals surface area contributed by atoms with Crippen molar-refractivity contribution >= 4 is 17.8 Å². The minimum atomic E-state index is -4.53. The Balaban J connectivity index is 0.00000145. The van der Waals surface area contributed by atoms with Crippen LogP contribution in [0.5, 0.6) is 0 Å². The van der Waals surface area contributed by atoms with Crippen LogP contribution in [0.15, 0.2) is 30.6 Å². The molecule has 0 fully saturated rings. The molecule has 29 heavy (non-hydrogen) atoms. The van der Waals surface area contributed by atoms with E-state index in [0.717, 1.165) is 10.5 Å². The maximum absolute atomic E-state index is 13.5. The van der Waals surface area contributed by atoms with Gasteiger partial charge in [-0.25, -0.2) is 9.97 Å². The molecule has 1 aromatic heterocycles. The van der Waals surface area contributed by atoms with Crippen molar-refractivity contribution in [3.8, 4) is 0 Å². The van der Waals surface area contributed by atoms with Crippen LogP contribution in [0.2, 0.25) is 0 Å². The number of rotatable bonds is 3. The van der Waals surface area contributed by atoms with Crippen molar-refractivity contribution in [2.24, 2.45) is 0 Å². The van der Waals surface area contributed by atoms with E-state index in [1.54, 1.807) is 19.9 Å². The predicted octanol–water partition coefficient (Wildman–Crippen LogP) is 3.86. The Kier molecular flexibility index (Phi) is 6.94. The number of anilines is 1. The highest BCUT2D eigenvalue weighted by Gasteiger charge is 2.47. The molecule has 9 heteroatoms. The third-order valence-electron chi connectivity index (χ3n) is 4.26. The zero-order chi connectivity index (χ0) is 21.8. The van der Waals surface area contributed by atoms with E-state index in [2.05, 4.69) is 15.3 Å². The van der Waals surface area contributed by atoms with Gasteiger partial charge in [0.2, 0.25) is 11.9 Å². The lowest BCUT2D eigenvalue weighted by atomic mass is 9.87. The van der Waals surface area contributed by atoms with E-state index in [1.807, 2.05) is 13.8 Å². The lowest BCUT2D eigenvalue weighted by Crippen LogP contribution is -2.47. The summed E-state index contributed by atoms with van der Waals surface area (Å²) in [7, 11) is 0. The number of hydrogen-bond donors (Lipinski definition) is 1. The molecule has 1 aliphatic rings. The Morgan fingerprint density at radius 2 is 1.79 bits per heavy atom. The first-order chi connectivity index (χ1) is 13.6. The third-order valence-corrected chi connectivity index (χ3v) is 4.26. The number of alkyl halides is 3. The van der Waals surface area contributed by atoms with E-state index in [0.29, 0.717) is 5.56 Å². The number of nitrogens with zero attached hydrogens (tertiary/aromatic N) is 3. The molecule has 0 saturated heterocycles. The molecule has 1 unspecified atom stereocenters. The molecule has 1 aromatic carbocycles. The molecule has 1 N–H and O–H groups in total. The lowest BCUT2D eigenvalue weighted by molar-refractivity contribution is -0.155. The van der Waals surface area contributed by atoms with E-state index >= 15 is 0 Å². The highest BCUT2D eigenvalue weighted by atomic mass is 19.4. The number of fused-ring (bicyclic) bond motifs is 1. The summed E-state index contributed by atoms with van der Waals surface area (Å²) in [6.07, 6.45) is -1.54. The normalized spacial score (nSPS) is 15.9. The molecule has 2 amide bonds. The van der Waals surface area contributed by atoms with Gasteiger partial charge in [0, 0.05) is 24.5 Å². The minimum Gasteiger partial charge on any atom is -0.328 e. The smallest absolute Gasteiger partial charge is 0.328 e. The van der Waals surface area contributed by atoms with E-state index in [-0.39, 0.29) is 17.1 Å². The van der Waals surface area contributed by atoms with E-state index < -0.39 is 37.0 Å². The lowest BCUT2D eigenvalue weighted by Gasteiger charge is -2.35. The number of nitrogens with one attached hydrogen (secondary N) is 1. The van der Waals surface area contributed by atoms with Gasteiger partial charge in [0.25, 0.3) is 5.91 Å². The molecule has 0 aliphatic carbocycles. The summed E-state index contributed by atoms with van der Waals surface area (Å²) in [5.74, 6) is -3.08. The highest BCUT2D eigenvalue weighted by molar-refractivity contribution is 6.00. The first kappa shape index (κ1) is 22.3. The molecule has 0 radical (unpaired) electrons. The van der Waals surface area contributed by atoms with Gasteiger partial charge in [0.15, 0.2) is 0 Å². The Morgan fingerprint density at radius 1 is 1.17 bits per heavy atom. The maximum atomic E-state index is 13.5. The number of benzene rings is 1. The second-order valence-electron chi connectivity index (χ2n) is 6.50. The van der Waals surface area contributed by atoms with Gasteiger partial charge in [0.1, 0.15) is 6.54 Å². The van der Waals surface area contributed by atoms with Gasteiger partial charge in [-0.3, -0.25) is 14.9 Å². The van der Waals surface area contributed by atoms with Gasteiger partial charge in [-0.05, 0) is 31.0 Å². The number of aromatic nitrogens is 2. The van der Waals surface area contributed by atoms with Crippen LogP contribution in [0.4, 0.5) is 19.1 Å². The summed E-state index contributed by atoms with van der Waals surface area (Å²) in [6.45, 7) is 6.31. The number of aryl methyl sites for hydroxylation is 2. The van der Waals surface area contributed by atoms with Crippen molar-refractivity contribution in [1.82, 2.24) is 14.9 Å². The molecule has 0 spiro atoms. The number of amides is 2. The summed E-state index contributed by atoms with van der Waals surface area (Å²) in [5, 5.41) is 2.39. The third kappa shape index (κ3) is 5.30. The quantitative estimate of drug-likeness (QED) is 0.837. The standard InChI is InChI=1S/C18H17F3N4O2.C2H6/c1-10-3-4-12-13(5-10)14(18(19,20)21)8-25(16(12)27)9-15(26)24-17-22-6-11(2)7-23-17;1-2/h3-7,14H,8-9H2,1-2H3,(H,22,23,24,26);1-2H3. The molecule has 3 rings (SSSR count). The molecule has 2 aromatic rings. The van der Waals surface area contributed by atoms with Crippen molar-refractivity contribution < 1.29 is 22.8 Å². The number of halogens is 3. The zero-order valence-corrected chi connectivity index (χ0v) is 16.7. The minimum absolute atomic E-state index is 0.0263. The molecule has 2 heterocycles. The summed E-state index contributed by atoms with van der Waals surface area (Å²) in [5.41, 5.74) is 1.34. The molecular weight excluding hydrogens is 385 g/mol. The average molecular weight is 408 g/mol. The van der Waals surface area contributed by atoms with Gasteiger partial charge >= 0.3 is 6.18 Å². The first-order valence-electron chi connectivity index (χ1n) is 9.20. The van der Waals surface area contributed by atoms with Crippen molar-refractivity contribution in [2.75, 3.05) is 18.4 Å². The fraction of sp³-hybridized carbons (Fsp3) is 0.400. The van der Waals surface area contributed by atoms with Crippen LogP contribution in [0.1, 0.15) is 46.8 Å². The van der Waals surface area contributed by atoms with Crippen molar-refractivity contribution in [2.45, 2.75) is 39.8 Å². The predicted molar refractivity (Wildman–Crippen MR) is 103 cm³/mol. The number of carbonyl (C=O) groups excluding carboxylic acids is 2. The van der Waals surface area contributed by atoms with Crippen molar-refractivity contribution in [1.29, 1.82) is 0 Å². The highest BCUT2D eigenvalue weighted by Crippen LogP contribution is 2.40. The van der Waals surface area contributed by atoms with E-state index in [1.165, 1.54) is 24.5 Å². The molecule has 1 aliphatic heterocycles. The van der Waals surface area contributed by atoms with Crippen LogP contribution in [-0.2, 0) is 4.79 Å². The van der Waals surface area contributed by atoms with Crippen LogP contribution in [0.25, 0.3) is 0 Å². The molecule has 1 atom stereocenters. The molecule has 0 bridgehead atoms. The van der Waals surface area contributed by atoms with E-state index in [9.17, 15) is 22.8 Å². The largest absolute Gasteiger partial charge is 0.397 e. The van der Waals surface area contributed by atoms with Gasteiger partial charge in [-0.2, -0.15) is 13.2 Å². The topological polar surface area (TPSA) is 75.2 Å². The fourth-order valence-electron chi connectivity index (χ4n) is 2.95. The molecule has 156 valence electrons. The fourth-order valence-corrected chi connectivity index (χ4v) is 2.95. The SMILES string of the molecule is CC.Cc1cnc(NC(=O)CN2CC(C(F)(F)F)c3cc(C)ccc3C2=O)nc1. The molecule has 0 saturated carbocycles. The van der Waals surface area contributed by atoms with Gasteiger partial charge in [0.05, 0.1) is 5.92 Å². The number of carbonyl (C=O) groups is 2. The second kappa shape index (κ2) is 9.02.